The van der Waals surface area contributed by atoms with Gasteiger partial charge < -0.3 is 10.1 Å². The lowest BCUT2D eigenvalue weighted by molar-refractivity contribution is -0.127. The largest absolute Gasteiger partial charge is 0.479 e. The summed E-state index contributed by atoms with van der Waals surface area (Å²) < 4.78 is 5.56. The van der Waals surface area contributed by atoms with Gasteiger partial charge in [0.1, 0.15) is 5.75 Å². The number of para-hydroxylation sites is 1. The Balaban J connectivity index is 1.79. The molecular weight excluding hydrogens is 308 g/mol. The van der Waals surface area contributed by atoms with Gasteiger partial charge in [0.15, 0.2) is 6.10 Å². The molecule has 1 amide bonds. The zero-order valence-corrected chi connectivity index (χ0v) is 13.5. The number of hydrogen-bond donors (Lipinski definition) is 1. The van der Waals surface area contributed by atoms with Crippen LogP contribution in [0.4, 0.5) is 0 Å². The number of benzene rings is 1. The van der Waals surface area contributed by atoms with E-state index in [1.165, 1.54) is 0 Å². The van der Waals surface area contributed by atoms with Crippen LogP contribution in [0.5, 0.6) is 5.75 Å². The molecule has 1 aromatic heterocycles. The second-order valence-electron chi connectivity index (χ2n) is 4.59. The fraction of sp³-hybridized carbons (Fsp3) is 0.333. The fourth-order valence-electron chi connectivity index (χ4n) is 1.76. The van der Waals surface area contributed by atoms with Gasteiger partial charge in [0.05, 0.1) is 15.7 Å². The molecule has 1 N–H and O–H groups in total. The third-order valence-electron chi connectivity index (χ3n) is 2.86. The van der Waals surface area contributed by atoms with Crippen LogP contribution in [0, 0.1) is 6.92 Å². The van der Waals surface area contributed by atoms with Crippen molar-refractivity contribution in [1.29, 1.82) is 0 Å². The van der Waals surface area contributed by atoms with Gasteiger partial charge in [-0.15, -0.1) is 11.3 Å². The molecule has 0 unspecified atom stereocenters. The Labute approximate surface area is 133 Å². The highest BCUT2D eigenvalue weighted by Crippen LogP contribution is 2.24. The van der Waals surface area contributed by atoms with E-state index in [0.29, 0.717) is 17.3 Å². The van der Waals surface area contributed by atoms with Crippen molar-refractivity contribution >= 4 is 28.8 Å². The van der Waals surface area contributed by atoms with Gasteiger partial charge in [0.25, 0.3) is 5.91 Å². The van der Waals surface area contributed by atoms with Gasteiger partial charge in [-0.3, -0.25) is 4.79 Å². The number of hydrogen-bond acceptors (Lipinski definition) is 4. The molecule has 4 nitrogen and oxygen atoms in total. The Bertz CT molecular complexity index is 615. The summed E-state index contributed by atoms with van der Waals surface area (Å²) in [5.41, 5.74) is 0.998. The minimum Gasteiger partial charge on any atom is -0.479 e. The molecule has 0 saturated heterocycles. The Morgan fingerprint density at radius 1 is 1.48 bits per heavy atom. The number of aromatic nitrogens is 1. The van der Waals surface area contributed by atoms with E-state index in [1.807, 2.05) is 24.4 Å². The van der Waals surface area contributed by atoms with Gasteiger partial charge in [-0.25, -0.2) is 4.98 Å². The van der Waals surface area contributed by atoms with Crippen LogP contribution in [-0.4, -0.2) is 23.5 Å². The molecule has 0 spiro atoms. The van der Waals surface area contributed by atoms with Crippen molar-refractivity contribution in [2.75, 3.05) is 6.54 Å². The SMILES string of the molecule is Cc1nc(CCNC(=O)[C@@H](C)Oc2ccccc2Cl)cs1. The number of rotatable bonds is 6. The van der Waals surface area contributed by atoms with Crippen molar-refractivity contribution in [2.24, 2.45) is 0 Å². The van der Waals surface area contributed by atoms with E-state index in [9.17, 15) is 4.79 Å². The summed E-state index contributed by atoms with van der Waals surface area (Å²) in [7, 11) is 0. The van der Waals surface area contributed by atoms with Crippen LogP contribution in [-0.2, 0) is 11.2 Å². The Hall–Kier alpha value is -1.59. The third-order valence-corrected chi connectivity index (χ3v) is 3.99. The van der Waals surface area contributed by atoms with E-state index in [4.69, 9.17) is 16.3 Å². The predicted octanol–water partition coefficient (Wildman–Crippen LogP) is 3.23. The van der Waals surface area contributed by atoms with Gasteiger partial charge in [-0.05, 0) is 26.0 Å². The number of amides is 1. The molecule has 1 heterocycles. The monoisotopic (exact) mass is 324 g/mol. The first-order chi connectivity index (χ1) is 10.1. The highest BCUT2D eigenvalue weighted by Gasteiger charge is 2.15. The van der Waals surface area contributed by atoms with Crippen molar-refractivity contribution < 1.29 is 9.53 Å². The first-order valence-corrected chi connectivity index (χ1v) is 7.92. The van der Waals surface area contributed by atoms with Gasteiger partial charge >= 0.3 is 0 Å². The molecule has 0 aliphatic heterocycles. The quantitative estimate of drug-likeness (QED) is 0.887. The average molecular weight is 325 g/mol. The Morgan fingerprint density at radius 2 is 2.24 bits per heavy atom. The lowest BCUT2D eigenvalue weighted by Gasteiger charge is -2.15. The number of aryl methyl sites for hydroxylation is 1. The van der Waals surface area contributed by atoms with Crippen LogP contribution < -0.4 is 10.1 Å². The summed E-state index contributed by atoms with van der Waals surface area (Å²) in [5, 5.41) is 6.37. The van der Waals surface area contributed by atoms with E-state index in [1.54, 1.807) is 30.4 Å². The molecule has 0 aliphatic carbocycles. The van der Waals surface area contributed by atoms with Crippen molar-refractivity contribution in [3.05, 3.63) is 45.4 Å². The number of halogens is 1. The highest BCUT2D eigenvalue weighted by atomic mass is 35.5. The predicted molar refractivity (Wildman–Crippen MR) is 85.1 cm³/mol. The van der Waals surface area contributed by atoms with E-state index in [0.717, 1.165) is 17.1 Å². The standard InChI is InChI=1S/C15H17ClN2O2S/c1-10(20-14-6-4-3-5-13(14)16)15(19)17-8-7-12-9-21-11(2)18-12/h3-6,9-10H,7-8H2,1-2H3,(H,17,19)/t10-/m1/s1. The minimum atomic E-state index is -0.595. The third kappa shape index (κ3) is 4.72. The molecule has 0 saturated carbocycles. The van der Waals surface area contributed by atoms with Crippen LogP contribution in [0.1, 0.15) is 17.6 Å². The fourth-order valence-corrected chi connectivity index (χ4v) is 2.59. The zero-order chi connectivity index (χ0) is 15.2. The lowest BCUT2D eigenvalue weighted by Crippen LogP contribution is -2.37. The molecule has 0 aliphatic rings. The minimum absolute atomic E-state index is 0.165. The molecule has 1 atom stereocenters. The molecule has 2 rings (SSSR count). The molecule has 21 heavy (non-hydrogen) atoms. The second kappa shape index (κ2) is 7.43. The summed E-state index contributed by atoms with van der Waals surface area (Å²) in [4.78, 5) is 16.3. The summed E-state index contributed by atoms with van der Waals surface area (Å²) >= 11 is 7.61. The van der Waals surface area contributed by atoms with Gasteiger partial charge in [0, 0.05) is 18.3 Å². The number of thiazole rings is 1. The van der Waals surface area contributed by atoms with Crippen LogP contribution in [0.15, 0.2) is 29.6 Å². The van der Waals surface area contributed by atoms with Crippen LogP contribution in [0.25, 0.3) is 0 Å². The van der Waals surface area contributed by atoms with Crippen LogP contribution >= 0.6 is 22.9 Å². The molecule has 0 bridgehead atoms. The number of nitrogens with one attached hydrogen (secondary N) is 1. The topological polar surface area (TPSA) is 51.2 Å². The smallest absolute Gasteiger partial charge is 0.260 e. The van der Waals surface area contributed by atoms with Crippen LogP contribution in [0.3, 0.4) is 0 Å². The molecule has 0 radical (unpaired) electrons. The maximum absolute atomic E-state index is 12.0. The Kier molecular flexibility index (Phi) is 5.59. The molecule has 2 aromatic rings. The molecule has 112 valence electrons. The summed E-state index contributed by atoms with van der Waals surface area (Å²) in [6, 6.07) is 7.10. The zero-order valence-electron chi connectivity index (χ0n) is 11.9. The number of ether oxygens (including phenoxy) is 1. The van der Waals surface area contributed by atoms with Gasteiger partial charge in [0.2, 0.25) is 0 Å². The van der Waals surface area contributed by atoms with E-state index >= 15 is 0 Å². The van der Waals surface area contributed by atoms with E-state index in [2.05, 4.69) is 10.3 Å². The van der Waals surface area contributed by atoms with Crippen molar-refractivity contribution in [3.63, 3.8) is 0 Å². The first kappa shape index (κ1) is 15.8. The number of carbonyl (C=O) groups is 1. The van der Waals surface area contributed by atoms with Crippen molar-refractivity contribution in [1.82, 2.24) is 10.3 Å². The van der Waals surface area contributed by atoms with Crippen molar-refractivity contribution in [3.8, 4) is 5.75 Å². The van der Waals surface area contributed by atoms with Crippen molar-refractivity contribution in [2.45, 2.75) is 26.4 Å². The summed E-state index contributed by atoms with van der Waals surface area (Å²) in [5.74, 6) is 0.346. The molecule has 1 aromatic carbocycles. The summed E-state index contributed by atoms with van der Waals surface area (Å²) in [6.45, 7) is 4.20. The van der Waals surface area contributed by atoms with Crippen LogP contribution in [0.2, 0.25) is 5.02 Å². The van der Waals surface area contributed by atoms with Gasteiger partial charge in [-0.1, -0.05) is 23.7 Å². The molecular formula is C15H17ClN2O2S. The van der Waals surface area contributed by atoms with E-state index in [-0.39, 0.29) is 5.91 Å². The highest BCUT2D eigenvalue weighted by molar-refractivity contribution is 7.09. The molecule has 0 fully saturated rings. The lowest BCUT2D eigenvalue weighted by atomic mass is 10.3. The molecule has 6 heteroatoms. The maximum atomic E-state index is 12.0. The normalized spacial score (nSPS) is 12.0. The average Bonchev–Trinajstić information content (AvgIpc) is 2.87. The number of nitrogens with zero attached hydrogens (tertiary/aromatic N) is 1. The number of carbonyl (C=O) groups excluding carboxylic acids is 1. The van der Waals surface area contributed by atoms with Gasteiger partial charge in [-0.2, -0.15) is 0 Å². The maximum Gasteiger partial charge on any atom is 0.260 e. The first-order valence-electron chi connectivity index (χ1n) is 6.66. The van der Waals surface area contributed by atoms with E-state index < -0.39 is 6.10 Å². The summed E-state index contributed by atoms with van der Waals surface area (Å²) in [6.07, 6.45) is 0.122. The second-order valence-corrected chi connectivity index (χ2v) is 6.06. The Morgan fingerprint density at radius 3 is 2.90 bits per heavy atom.